The molecule has 0 amide bonds. The van der Waals surface area contributed by atoms with Crippen LogP contribution < -0.4 is 0 Å². The molecule has 0 unspecified atom stereocenters. The normalized spacial score (nSPS) is 11.8. The van der Waals surface area contributed by atoms with Gasteiger partial charge < -0.3 is 10.2 Å². The highest BCUT2D eigenvalue weighted by atomic mass is 31.4. The first-order chi connectivity index (χ1) is 9.35. The zero-order valence-corrected chi connectivity index (χ0v) is 13.1. The summed E-state index contributed by atoms with van der Waals surface area (Å²) in [6.07, 6.45) is 0.294. The molecule has 0 saturated carbocycles. The molecular weight excluding hydrogens is 271 g/mol. The van der Waals surface area contributed by atoms with E-state index in [9.17, 15) is 10.2 Å². The molecule has 19 heavy (non-hydrogen) atoms. The molecule has 0 saturated heterocycles. The van der Waals surface area contributed by atoms with Crippen LogP contribution in [-0.2, 0) is 0 Å². The van der Waals surface area contributed by atoms with E-state index in [0.717, 1.165) is 0 Å². The van der Waals surface area contributed by atoms with Gasteiger partial charge >= 0.3 is 0 Å². The SMILES string of the molecule is OCP(CO)[SiH2]C(c1ccccc1)c1ccccc1. The van der Waals surface area contributed by atoms with Gasteiger partial charge in [-0.25, -0.2) is 0 Å². The van der Waals surface area contributed by atoms with E-state index in [1.54, 1.807) is 0 Å². The van der Waals surface area contributed by atoms with Crippen molar-refractivity contribution in [3.05, 3.63) is 71.8 Å². The van der Waals surface area contributed by atoms with Crippen molar-refractivity contribution in [1.29, 1.82) is 0 Å². The topological polar surface area (TPSA) is 40.5 Å². The standard InChI is InChI=1S/C15H19O2PSi/c16-11-18(12-17)19-15(13-7-3-1-4-8-13)14-9-5-2-6-10-14/h1-10,15-17H,11-12,19H2. The number of aliphatic hydroxyl groups is 2. The van der Waals surface area contributed by atoms with Crippen LogP contribution in [-0.4, -0.2) is 32.1 Å². The summed E-state index contributed by atoms with van der Waals surface area (Å²) in [6.45, 7) is 0. The maximum atomic E-state index is 9.37. The number of benzene rings is 2. The second kappa shape index (κ2) is 7.56. The van der Waals surface area contributed by atoms with E-state index in [0.29, 0.717) is 5.54 Å². The van der Waals surface area contributed by atoms with Crippen LogP contribution >= 0.6 is 7.47 Å². The first kappa shape index (κ1) is 14.4. The first-order valence-electron chi connectivity index (χ1n) is 6.39. The van der Waals surface area contributed by atoms with Gasteiger partial charge in [0.1, 0.15) is 0 Å². The second-order valence-electron chi connectivity index (χ2n) is 4.51. The molecule has 0 atom stereocenters. The van der Waals surface area contributed by atoms with Crippen LogP contribution in [0.5, 0.6) is 0 Å². The van der Waals surface area contributed by atoms with Gasteiger partial charge in [-0.1, -0.05) is 68.1 Å². The van der Waals surface area contributed by atoms with Crippen LogP contribution in [0.15, 0.2) is 60.7 Å². The summed E-state index contributed by atoms with van der Waals surface area (Å²) in [5.41, 5.74) is 2.98. The van der Waals surface area contributed by atoms with Gasteiger partial charge in [0.05, 0.1) is 21.9 Å². The highest BCUT2D eigenvalue weighted by molar-refractivity contribution is 7.85. The maximum absolute atomic E-state index is 9.37. The van der Waals surface area contributed by atoms with E-state index in [1.165, 1.54) is 11.1 Å². The smallest absolute Gasteiger partial charge is 0.0679 e. The summed E-state index contributed by atoms with van der Waals surface area (Å²) in [7, 11) is -1.19. The fourth-order valence-corrected chi connectivity index (χ4v) is 7.50. The molecule has 0 aliphatic heterocycles. The van der Waals surface area contributed by atoms with Crippen LogP contribution in [0.4, 0.5) is 0 Å². The first-order valence-corrected chi connectivity index (χ1v) is 11.0. The van der Waals surface area contributed by atoms with Crippen molar-refractivity contribution in [3.8, 4) is 0 Å². The Labute approximate surface area is 117 Å². The molecule has 0 aliphatic rings. The Balaban J connectivity index is 2.29. The predicted molar refractivity (Wildman–Crippen MR) is 84.4 cm³/mol. The lowest BCUT2D eigenvalue weighted by Gasteiger charge is -2.21. The Morgan fingerprint density at radius 2 is 1.21 bits per heavy atom. The number of hydrogen-bond acceptors (Lipinski definition) is 2. The second-order valence-corrected chi connectivity index (χ2v) is 11.4. The molecule has 2 rings (SSSR count). The third-order valence-electron chi connectivity index (χ3n) is 3.24. The molecule has 0 bridgehead atoms. The van der Waals surface area contributed by atoms with Crippen molar-refractivity contribution in [1.82, 2.24) is 0 Å². The molecule has 0 fully saturated rings. The van der Waals surface area contributed by atoms with Gasteiger partial charge in [-0.05, 0) is 11.1 Å². The van der Waals surface area contributed by atoms with Crippen molar-refractivity contribution in [2.45, 2.75) is 5.54 Å². The van der Waals surface area contributed by atoms with Crippen LogP contribution in [0, 0.1) is 0 Å². The Kier molecular flexibility index (Phi) is 5.74. The minimum atomic E-state index is -0.593. The fraction of sp³-hybridized carbons (Fsp3) is 0.200. The third-order valence-corrected chi connectivity index (χ3v) is 9.71. The van der Waals surface area contributed by atoms with Crippen LogP contribution in [0.3, 0.4) is 0 Å². The van der Waals surface area contributed by atoms with Crippen molar-refractivity contribution in [3.63, 3.8) is 0 Å². The third kappa shape index (κ3) is 3.98. The molecule has 4 heteroatoms. The lowest BCUT2D eigenvalue weighted by molar-refractivity contribution is 0.346. The van der Waals surface area contributed by atoms with Crippen molar-refractivity contribution >= 4 is 16.7 Å². The molecular formula is C15H19O2PSi. The minimum Gasteiger partial charge on any atom is -0.392 e. The Bertz CT molecular complexity index is 435. The molecule has 0 aliphatic carbocycles. The lowest BCUT2D eigenvalue weighted by atomic mass is 10.0. The molecule has 2 aromatic carbocycles. The largest absolute Gasteiger partial charge is 0.392 e. The summed E-state index contributed by atoms with van der Waals surface area (Å²) >= 11 is 0. The van der Waals surface area contributed by atoms with Gasteiger partial charge in [0, 0.05) is 5.54 Å². The molecule has 0 radical (unpaired) electrons. The summed E-state index contributed by atoms with van der Waals surface area (Å²) in [5, 5.41) is 18.7. The Hall–Kier alpha value is -0.993. The van der Waals surface area contributed by atoms with Gasteiger partial charge in [0.25, 0.3) is 0 Å². The highest BCUT2D eigenvalue weighted by Gasteiger charge is 2.19. The molecule has 0 heterocycles. The molecule has 100 valence electrons. The Morgan fingerprint density at radius 1 is 0.789 bits per heavy atom. The molecule has 0 aromatic heterocycles. The molecule has 2 nitrogen and oxygen atoms in total. The predicted octanol–water partition coefficient (Wildman–Crippen LogP) is 2.24. The Morgan fingerprint density at radius 3 is 1.58 bits per heavy atom. The van der Waals surface area contributed by atoms with E-state index in [4.69, 9.17) is 0 Å². The van der Waals surface area contributed by atoms with Crippen LogP contribution in [0.1, 0.15) is 16.7 Å². The summed E-state index contributed by atoms with van der Waals surface area (Å²) in [4.78, 5) is 0. The fourth-order valence-electron chi connectivity index (χ4n) is 2.19. The maximum Gasteiger partial charge on any atom is 0.0679 e. The van der Waals surface area contributed by atoms with Gasteiger partial charge in [0.15, 0.2) is 0 Å². The quantitative estimate of drug-likeness (QED) is 0.633. The van der Waals surface area contributed by atoms with Crippen molar-refractivity contribution in [2.24, 2.45) is 0 Å². The average Bonchev–Trinajstić information content (AvgIpc) is 2.50. The van der Waals surface area contributed by atoms with E-state index >= 15 is 0 Å². The highest BCUT2D eigenvalue weighted by Crippen LogP contribution is 2.38. The zero-order valence-electron chi connectivity index (χ0n) is 10.8. The van der Waals surface area contributed by atoms with Gasteiger partial charge in [-0.3, -0.25) is 0 Å². The van der Waals surface area contributed by atoms with Crippen LogP contribution in [0.25, 0.3) is 0 Å². The van der Waals surface area contributed by atoms with E-state index in [2.05, 4.69) is 48.5 Å². The van der Waals surface area contributed by atoms with Crippen LogP contribution in [0.2, 0.25) is 0 Å². The van der Waals surface area contributed by atoms with E-state index < -0.39 is 16.7 Å². The van der Waals surface area contributed by atoms with Crippen molar-refractivity contribution < 1.29 is 10.2 Å². The summed E-state index contributed by atoms with van der Waals surface area (Å²) < 4.78 is 0. The monoisotopic (exact) mass is 290 g/mol. The minimum absolute atomic E-state index is 0.147. The number of aliphatic hydroxyl groups excluding tert-OH is 2. The van der Waals surface area contributed by atoms with Gasteiger partial charge in [-0.2, -0.15) is 0 Å². The number of hydrogen-bond donors (Lipinski definition) is 2. The lowest BCUT2D eigenvalue weighted by Crippen LogP contribution is -2.11. The average molecular weight is 290 g/mol. The summed E-state index contributed by atoms with van der Waals surface area (Å²) in [6, 6.07) is 20.8. The summed E-state index contributed by atoms with van der Waals surface area (Å²) in [5.74, 6) is 0. The molecule has 2 N–H and O–H groups in total. The van der Waals surface area contributed by atoms with E-state index in [-0.39, 0.29) is 12.7 Å². The number of rotatable bonds is 6. The van der Waals surface area contributed by atoms with Crippen molar-refractivity contribution in [2.75, 3.05) is 12.7 Å². The molecule has 0 spiro atoms. The van der Waals surface area contributed by atoms with Gasteiger partial charge in [-0.15, -0.1) is 0 Å². The van der Waals surface area contributed by atoms with Gasteiger partial charge in [0.2, 0.25) is 0 Å². The zero-order chi connectivity index (χ0) is 13.5. The molecule has 2 aromatic rings. The van der Waals surface area contributed by atoms with E-state index in [1.807, 2.05) is 12.1 Å².